The molecule has 164 valence electrons. The Bertz CT molecular complexity index is 979. The number of hydrogen-bond donors (Lipinski definition) is 1. The average Bonchev–Trinajstić information content (AvgIpc) is 3.44. The van der Waals surface area contributed by atoms with Gasteiger partial charge < -0.3 is 4.74 Å². The molecule has 0 amide bonds. The Hall–Kier alpha value is -2.03. The molecule has 1 aliphatic heterocycles. The zero-order valence-corrected chi connectivity index (χ0v) is 18.7. The summed E-state index contributed by atoms with van der Waals surface area (Å²) in [5, 5.41) is 11.7. The Morgan fingerprint density at radius 3 is 2.57 bits per heavy atom. The van der Waals surface area contributed by atoms with Crippen LogP contribution < -0.4 is 14.5 Å². The number of methoxy groups -OCH3 is 1. The fourth-order valence-electron chi connectivity index (χ4n) is 4.05. The number of sulfonamides is 1. The van der Waals surface area contributed by atoms with E-state index in [1.165, 1.54) is 0 Å². The van der Waals surface area contributed by atoms with Gasteiger partial charge in [0.1, 0.15) is 11.8 Å². The van der Waals surface area contributed by atoms with Gasteiger partial charge in [-0.15, -0.1) is 11.8 Å². The zero-order valence-electron chi connectivity index (χ0n) is 17.1. The summed E-state index contributed by atoms with van der Waals surface area (Å²) in [6, 6.07) is 8.66. The quantitative estimate of drug-likeness (QED) is 0.687. The normalized spacial score (nSPS) is 27.3. The number of thioether (sulfide) groups is 1. The lowest BCUT2D eigenvalue weighted by atomic mass is 9.92. The predicted octanol–water partition coefficient (Wildman–Crippen LogP) is 2.67. The molecule has 30 heavy (non-hydrogen) atoms. The van der Waals surface area contributed by atoms with Gasteiger partial charge in [0.15, 0.2) is 0 Å². The Balaban J connectivity index is 1.34. The van der Waals surface area contributed by atoms with Crippen LogP contribution in [0.25, 0.3) is 0 Å². The molecule has 1 saturated heterocycles. The number of nitriles is 1. The van der Waals surface area contributed by atoms with Gasteiger partial charge in [0.25, 0.3) is 0 Å². The lowest BCUT2D eigenvalue weighted by Gasteiger charge is -2.27. The predicted molar refractivity (Wildman–Crippen MR) is 113 cm³/mol. The summed E-state index contributed by atoms with van der Waals surface area (Å²) in [7, 11) is -2.01. The van der Waals surface area contributed by atoms with Gasteiger partial charge in [0.2, 0.25) is 10.0 Å². The summed E-state index contributed by atoms with van der Waals surface area (Å²) in [5.41, 5.74) is 0. The molecule has 11 heteroatoms. The summed E-state index contributed by atoms with van der Waals surface area (Å²) >= 11 is 1.78. The number of aromatic nitrogens is 2. The first kappa shape index (κ1) is 21.2. The van der Waals surface area contributed by atoms with Crippen molar-refractivity contribution >= 4 is 21.8 Å². The van der Waals surface area contributed by atoms with Crippen molar-refractivity contribution in [3.8, 4) is 11.8 Å². The number of rotatable bonds is 7. The molecule has 1 N–H and O–H groups in total. The van der Waals surface area contributed by atoms with E-state index in [0.29, 0.717) is 5.75 Å². The Kier molecular flexibility index (Phi) is 6.09. The molecule has 2 aliphatic rings. The first-order valence-electron chi connectivity index (χ1n) is 10.2. The molecule has 0 bridgehead atoms. The van der Waals surface area contributed by atoms with Crippen LogP contribution in [0.2, 0.25) is 0 Å². The third-order valence-electron chi connectivity index (χ3n) is 5.76. The molecule has 2 fully saturated rings. The minimum Gasteiger partial charge on any atom is -0.497 e. The first-order valence-corrected chi connectivity index (χ1v) is 12.7. The molecular formula is C19H27N5O4S2. The maximum atomic E-state index is 12.7. The van der Waals surface area contributed by atoms with Crippen molar-refractivity contribution in [3.05, 3.63) is 24.3 Å². The van der Waals surface area contributed by atoms with Crippen LogP contribution in [-0.4, -0.2) is 48.6 Å². The van der Waals surface area contributed by atoms with Crippen molar-refractivity contribution in [3.63, 3.8) is 0 Å². The van der Waals surface area contributed by atoms with Crippen LogP contribution in [0.4, 0.5) is 0 Å². The van der Waals surface area contributed by atoms with Gasteiger partial charge in [-0.05, 0) is 56.4 Å². The molecule has 2 unspecified atom stereocenters. The van der Waals surface area contributed by atoms with Gasteiger partial charge in [-0.1, -0.05) is 11.8 Å². The maximum Gasteiger partial charge on any atom is 0.240 e. The van der Waals surface area contributed by atoms with E-state index >= 15 is 0 Å². The van der Waals surface area contributed by atoms with E-state index in [2.05, 4.69) is 17.7 Å². The van der Waals surface area contributed by atoms with E-state index in [4.69, 9.17) is 9.37 Å². The number of ether oxygens (including phenoxy) is 1. The highest BCUT2D eigenvalue weighted by molar-refractivity contribution is 8.00. The van der Waals surface area contributed by atoms with E-state index in [1.807, 2.05) is 9.86 Å². The summed E-state index contributed by atoms with van der Waals surface area (Å²) < 4.78 is 38.9. The van der Waals surface area contributed by atoms with E-state index < -0.39 is 10.0 Å². The molecule has 1 saturated carbocycles. The third-order valence-corrected chi connectivity index (χ3v) is 8.74. The van der Waals surface area contributed by atoms with Gasteiger partial charge in [-0.25, -0.2) is 22.8 Å². The topological polar surface area (TPSA) is 105 Å². The molecule has 1 aromatic heterocycles. The van der Waals surface area contributed by atoms with E-state index in [-0.39, 0.29) is 28.4 Å². The van der Waals surface area contributed by atoms with Gasteiger partial charge in [0, 0.05) is 16.8 Å². The second-order valence-corrected chi connectivity index (χ2v) is 10.6. The minimum absolute atomic E-state index is 0.0978. The van der Waals surface area contributed by atoms with Crippen molar-refractivity contribution in [1.82, 2.24) is 14.5 Å². The van der Waals surface area contributed by atoms with Crippen LogP contribution >= 0.6 is 11.8 Å². The van der Waals surface area contributed by atoms with Gasteiger partial charge in [0.05, 0.1) is 29.5 Å². The largest absolute Gasteiger partial charge is 0.497 e. The summed E-state index contributed by atoms with van der Waals surface area (Å²) in [5.74, 6) is 1.40. The fourth-order valence-corrected chi connectivity index (χ4v) is 6.60. The average molecular weight is 454 g/mol. The van der Waals surface area contributed by atoms with E-state index in [0.717, 1.165) is 37.9 Å². The summed E-state index contributed by atoms with van der Waals surface area (Å²) in [4.78, 5) is 3.81. The van der Waals surface area contributed by atoms with Crippen LogP contribution in [0.5, 0.6) is 5.75 Å². The molecule has 2 atom stereocenters. The number of nitrogens with zero attached hydrogens (tertiary/aromatic N) is 4. The lowest BCUT2D eigenvalue weighted by molar-refractivity contribution is 0.262. The minimum atomic E-state index is -3.56. The van der Waals surface area contributed by atoms with E-state index in [9.17, 15) is 13.7 Å². The standard InChI is InChI=1S/C19H27N5O4S2/c1-3-19-22(16(12-20)13-29-19)24-23(28-24)15-6-4-14(5-7-15)21-30(25,26)18-10-8-17(27-2)9-11-18/h8-11,14-16,19,21H,3-7,13H2,1-2H3. The smallest absolute Gasteiger partial charge is 0.240 e. The highest BCUT2D eigenvalue weighted by Gasteiger charge is 2.41. The number of hydrogen-bond acceptors (Lipinski definition) is 7. The number of nitrogens with one attached hydrogen (secondary N) is 1. The summed E-state index contributed by atoms with van der Waals surface area (Å²) in [6.45, 7) is 2.11. The summed E-state index contributed by atoms with van der Waals surface area (Å²) in [6.07, 6.45) is 4.06. The molecule has 2 heterocycles. The molecule has 4 rings (SSSR count). The molecular weight excluding hydrogens is 426 g/mol. The molecule has 9 nitrogen and oxygen atoms in total. The molecule has 0 spiro atoms. The van der Waals surface area contributed by atoms with Crippen molar-refractivity contribution in [2.45, 2.75) is 67.4 Å². The molecule has 2 aromatic rings. The third kappa shape index (κ3) is 4.22. The molecule has 1 aromatic carbocycles. The fraction of sp³-hybridized carbons (Fsp3) is 0.632. The lowest BCUT2D eigenvalue weighted by Crippen LogP contribution is -2.43. The first-order chi connectivity index (χ1) is 14.5. The van der Waals surface area contributed by atoms with Crippen LogP contribution in [-0.2, 0) is 10.0 Å². The van der Waals surface area contributed by atoms with E-state index in [1.54, 1.807) is 48.1 Å². The highest BCUT2D eigenvalue weighted by atomic mass is 32.2. The van der Waals surface area contributed by atoms with Gasteiger partial charge in [-0.2, -0.15) is 5.26 Å². The van der Waals surface area contributed by atoms with Crippen molar-refractivity contribution in [2.24, 2.45) is 0 Å². The highest BCUT2D eigenvalue weighted by Crippen LogP contribution is 2.35. The second-order valence-electron chi connectivity index (χ2n) is 7.66. The van der Waals surface area contributed by atoms with Crippen molar-refractivity contribution in [2.75, 3.05) is 17.9 Å². The Morgan fingerprint density at radius 1 is 1.27 bits per heavy atom. The van der Waals surface area contributed by atoms with Gasteiger partial charge >= 0.3 is 0 Å². The second kappa shape index (κ2) is 8.61. The maximum absolute atomic E-state index is 12.7. The van der Waals surface area contributed by atoms with Crippen LogP contribution in [0.15, 0.2) is 33.8 Å². The zero-order chi connectivity index (χ0) is 21.3. The molecule has 0 radical (unpaired) electrons. The number of benzene rings is 1. The van der Waals surface area contributed by atoms with Crippen molar-refractivity contribution in [1.29, 1.82) is 5.26 Å². The Labute approximate surface area is 180 Å². The SMILES string of the molecule is CCC1SCC(C#N)N1n1on1C1CCC(NS(=O)(=O)c2ccc(OC)cc2)CC1. The van der Waals surface area contributed by atoms with Gasteiger partial charge in [-0.3, -0.25) is 0 Å². The van der Waals surface area contributed by atoms with Crippen LogP contribution in [0.3, 0.4) is 0 Å². The molecule has 1 aliphatic carbocycles. The van der Waals surface area contributed by atoms with Crippen LogP contribution in [0, 0.1) is 11.3 Å². The van der Waals surface area contributed by atoms with Crippen LogP contribution in [0.1, 0.15) is 45.1 Å². The monoisotopic (exact) mass is 453 g/mol. The Morgan fingerprint density at radius 2 is 1.97 bits per heavy atom. The van der Waals surface area contributed by atoms with Crippen molar-refractivity contribution < 1.29 is 17.8 Å².